The van der Waals surface area contributed by atoms with Gasteiger partial charge in [-0.05, 0) is 30.0 Å². The van der Waals surface area contributed by atoms with Gasteiger partial charge in [0.2, 0.25) is 5.91 Å². The summed E-state index contributed by atoms with van der Waals surface area (Å²) in [5.74, 6) is -0.845. The molecule has 1 unspecified atom stereocenters. The number of carbonyl (C=O) groups excluding carboxylic acids is 1. The minimum absolute atomic E-state index is 0.0815. The maximum absolute atomic E-state index is 12.0. The van der Waals surface area contributed by atoms with Crippen molar-refractivity contribution < 1.29 is 14.7 Å². The van der Waals surface area contributed by atoms with E-state index >= 15 is 0 Å². The van der Waals surface area contributed by atoms with E-state index in [9.17, 15) is 9.59 Å². The lowest BCUT2D eigenvalue weighted by Gasteiger charge is -2.16. The molecule has 1 atom stereocenters. The zero-order chi connectivity index (χ0) is 15.1. The summed E-state index contributed by atoms with van der Waals surface area (Å²) in [4.78, 5) is 22.9. The molecular weight excluding hydrogens is 256 g/mol. The van der Waals surface area contributed by atoms with Gasteiger partial charge in [0.15, 0.2) is 0 Å². The highest BCUT2D eigenvalue weighted by molar-refractivity contribution is 5.87. The Labute approximate surface area is 119 Å². The second-order valence-corrected chi connectivity index (χ2v) is 5.29. The van der Waals surface area contributed by atoms with Gasteiger partial charge in [-0.3, -0.25) is 4.79 Å². The lowest BCUT2D eigenvalue weighted by molar-refractivity contribution is -0.125. The fourth-order valence-corrected chi connectivity index (χ4v) is 2.03. The monoisotopic (exact) mass is 278 g/mol. The Hall–Kier alpha value is -1.88. The van der Waals surface area contributed by atoms with Gasteiger partial charge in [0.1, 0.15) is 0 Å². The quantitative estimate of drug-likeness (QED) is 0.706. The predicted octanol–water partition coefficient (Wildman–Crippen LogP) is 1.62. The average molecular weight is 278 g/mol. The Morgan fingerprint density at radius 2 is 2.05 bits per heavy atom. The molecule has 0 bridgehead atoms. The third-order valence-electron chi connectivity index (χ3n) is 3.05. The lowest BCUT2D eigenvalue weighted by Crippen LogP contribution is -2.35. The minimum atomic E-state index is -0.974. The largest absolute Gasteiger partial charge is 0.478 e. The highest BCUT2D eigenvalue weighted by atomic mass is 16.4. The molecule has 1 aromatic carbocycles. The van der Waals surface area contributed by atoms with E-state index in [1.54, 1.807) is 18.2 Å². The molecule has 1 aromatic rings. The molecule has 0 saturated carbocycles. The predicted molar refractivity (Wildman–Crippen MR) is 77.2 cm³/mol. The highest BCUT2D eigenvalue weighted by Crippen LogP contribution is 2.11. The molecule has 20 heavy (non-hydrogen) atoms. The molecule has 0 saturated heterocycles. The summed E-state index contributed by atoms with van der Waals surface area (Å²) in [7, 11) is 0. The summed E-state index contributed by atoms with van der Waals surface area (Å²) in [6.45, 7) is 4.73. The molecule has 0 aliphatic heterocycles. The highest BCUT2D eigenvalue weighted by Gasteiger charge is 2.17. The fraction of sp³-hybridized carbons (Fsp3) is 0.467. The Balaban J connectivity index is 2.59. The van der Waals surface area contributed by atoms with Crippen LogP contribution in [0.1, 0.15) is 36.2 Å². The molecule has 0 aliphatic carbocycles. The number of hydrogen-bond donors (Lipinski definition) is 3. The van der Waals surface area contributed by atoms with Crippen LogP contribution < -0.4 is 11.1 Å². The van der Waals surface area contributed by atoms with Gasteiger partial charge < -0.3 is 16.2 Å². The maximum atomic E-state index is 12.0. The van der Waals surface area contributed by atoms with Crippen LogP contribution in [-0.4, -0.2) is 23.5 Å². The molecule has 5 nitrogen and oxygen atoms in total. The van der Waals surface area contributed by atoms with Gasteiger partial charge in [0, 0.05) is 13.1 Å². The Morgan fingerprint density at radius 1 is 1.35 bits per heavy atom. The Bertz CT molecular complexity index is 472. The van der Waals surface area contributed by atoms with E-state index < -0.39 is 5.97 Å². The van der Waals surface area contributed by atoms with E-state index in [0.29, 0.717) is 19.0 Å². The molecule has 5 heteroatoms. The Morgan fingerprint density at radius 3 is 2.60 bits per heavy atom. The number of benzene rings is 1. The maximum Gasteiger partial charge on any atom is 0.335 e. The zero-order valence-corrected chi connectivity index (χ0v) is 11.9. The van der Waals surface area contributed by atoms with E-state index in [1.807, 2.05) is 13.8 Å². The van der Waals surface area contributed by atoms with Crippen molar-refractivity contribution in [3.63, 3.8) is 0 Å². The number of nitrogens with one attached hydrogen (secondary N) is 1. The number of nitrogens with two attached hydrogens (primary N) is 1. The van der Waals surface area contributed by atoms with Gasteiger partial charge in [-0.1, -0.05) is 26.0 Å². The molecule has 110 valence electrons. The van der Waals surface area contributed by atoms with Crippen LogP contribution in [0.3, 0.4) is 0 Å². The standard InChI is InChI=1S/C15H22N2O3/c1-10(2)6-13(8-16)14(18)17-9-11-4-3-5-12(7-11)15(19)20/h3-5,7,10,13H,6,8-9,16H2,1-2H3,(H,17,18)(H,19,20). The van der Waals surface area contributed by atoms with E-state index in [2.05, 4.69) is 5.32 Å². The number of amides is 1. The molecule has 1 rings (SSSR count). The van der Waals surface area contributed by atoms with Crippen LogP contribution in [0.15, 0.2) is 24.3 Å². The summed E-state index contributed by atoms with van der Waals surface area (Å²) in [5.41, 5.74) is 6.60. The number of carbonyl (C=O) groups is 2. The molecular formula is C15H22N2O3. The van der Waals surface area contributed by atoms with Gasteiger partial charge in [-0.15, -0.1) is 0 Å². The molecule has 1 amide bonds. The molecule has 0 aliphatic rings. The molecule has 0 heterocycles. The molecule has 0 radical (unpaired) electrons. The number of carboxylic acids is 1. The summed E-state index contributed by atoms with van der Waals surface area (Å²) >= 11 is 0. The van der Waals surface area contributed by atoms with Crippen molar-refractivity contribution in [3.8, 4) is 0 Å². The van der Waals surface area contributed by atoms with Crippen molar-refractivity contribution in [2.45, 2.75) is 26.8 Å². The van der Waals surface area contributed by atoms with Gasteiger partial charge in [-0.2, -0.15) is 0 Å². The fourth-order valence-electron chi connectivity index (χ4n) is 2.03. The van der Waals surface area contributed by atoms with Crippen LogP contribution in [0, 0.1) is 11.8 Å². The first-order valence-corrected chi connectivity index (χ1v) is 6.74. The molecule has 0 fully saturated rings. The number of rotatable bonds is 7. The lowest BCUT2D eigenvalue weighted by atomic mass is 9.96. The number of aromatic carboxylic acids is 1. The van der Waals surface area contributed by atoms with Crippen LogP contribution in [0.4, 0.5) is 0 Å². The molecule has 4 N–H and O–H groups in total. The van der Waals surface area contributed by atoms with Crippen LogP contribution in [-0.2, 0) is 11.3 Å². The third kappa shape index (κ3) is 5.01. The summed E-state index contributed by atoms with van der Waals surface area (Å²) < 4.78 is 0. The smallest absolute Gasteiger partial charge is 0.335 e. The first-order chi connectivity index (χ1) is 9.43. The molecule has 0 spiro atoms. The van der Waals surface area contributed by atoms with Crippen molar-refractivity contribution in [1.29, 1.82) is 0 Å². The molecule has 0 aromatic heterocycles. The third-order valence-corrected chi connectivity index (χ3v) is 3.05. The summed E-state index contributed by atoms with van der Waals surface area (Å²) in [5, 5.41) is 11.7. The van der Waals surface area contributed by atoms with Crippen LogP contribution in [0.5, 0.6) is 0 Å². The van der Waals surface area contributed by atoms with Crippen molar-refractivity contribution in [2.75, 3.05) is 6.54 Å². The zero-order valence-electron chi connectivity index (χ0n) is 11.9. The number of hydrogen-bond acceptors (Lipinski definition) is 3. The first kappa shape index (κ1) is 16.2. The van der Waals surface area contributed by atoms with Crippen LogP contribution in [0.25, 0.3) is 0 Å². The van der Waals surface area contributed by atoms with Crippen molar-refractivity contribution in [1.82, 2.24) is 5.32 Å². The van der Waals surface area contributed by atoms with Gasteiger partial charge in [0.05, 0.1) is 11.5 Å². The first-order valence-electron chi connectivity index (χ1n) is 6.74. The SMILES string of the molecule is CC(C)CC(CN)C(=O)NCc1cccc(C(=O)O)c1. The van der Waals surface area contributed by atoms with E-state index in [1.165, 1.54) is 6.07 Å². The van der Waals surface area contributed by atoms with Crippen molar-refractivity contribution >= 4 is 11.9 Å². The number of carboxylic acid groups (broad SMARTS) is 1. The summed E-state index contributed by atoms with van der Waals surface area (Å²) in [6, 6.07) is 6.53. The van der Waals surface area contributed by atoms with Crippen LogP contribution >= 0.6 is 0 Å². The van der Waals surface area contributed by atoms with E-state index in [-0.39, 0.29) is 17.4 Å². The van der Waals surface area contributed by atoms with Crippen LogP contribution in [0.2, 0.25) is 0 Å². The van der Waals surface area contributed by atoms with Gasteiger partial charge in [0.25, 0.3) is 0 Å². The second-order valence-electron chi connectivity index (χ2n) is 5.29. The normalized spacial score (nSPS) is 12.2. The van der Waals surface area contributed by atoms with Gasteiger partial charge >= 0.3 is 5.97 Å². The second kappa shape index (κ2) is 7.65. The van der Waals surface area contributed by atoms with Crippen molar-refractivity contribution in [3.05, 3.63) is 35.4 Å². The van der Waals surface area contributed by atoms with E-state index in [0.717, 1.165) is 12.0 Å². The van der Waals surface area contributed by atoms with Crippen molar-refractivity contribution in [2.24, 2.45) is 17.6 Å². The average Bonchev–Trinajstić information content (AvgIpc) is 2.42. The Kier molecular flexibility index (Phi) is 6.18. The topological polar surface area (TPSA) is 92.4 Å². The minimum Gasteiger partial charge on any atom is -0.478 e. The summed E-state index contributed by atoms with van der Waals surface area (Å²) in [6.07, 6.45) is 0.748. The van der Waals surface area contributed by atoms with E-state index in [4.69, 9.17) is 10.8 Å². The van der Waals surface area contributed by atoms with Gasteiger partial charge in [-0.25, -0.2) is 4.79 Å².